The van der Waals surface area contributed by atoms with Gasteiger partial charge in [0.2, 0.25) is 6.29 Å². The van der Waals surface area contributed by atoms with Crippen molar-refractivity contribution in [2.24, 2.45) is 5.92 Å². The van der Waals surface area contributed by atoms with Gasteiger partial charge in [0, 0.05) is 13.0 Å². The lowest BCUT2D eigenvalue weighted by Gasteiger charge is -2.20. The Morgan fingerprint density at radius 1 is 1.06 bits per heavy atom. The summed E-state index contributed by atoms with van der Waals surface area (Å²) in [7, 11) is 0. The monoisotopic (exact) mass is 258 g/mol. The average molecular weight is 258 g/mol. The Bertz CT molecular complexity index is 312. The first kappa shape index (κ1) is 16.5. The maximum Gasteiger partial charge on any atom is 0.511 e. The molecule has 0 bridgehead atoms. The van der Waals surface area contributed by atoms with E-state index in [2.05, 4.69) is 0 Å². The fraction of sp³-hybridized carbons (Fsp3) is 0.692. The number of hydrogen-bond donors (Lipinski definition) is 0. The van der Waals surface area contributed by atoms with Gasteiger partial charge < -0.3 is 14.2 Å². The average Bonchev–Trinajstić information content (AvgIpc) is 2.10. The minimum atomic E-state index is -0.982. The largest absolute Gasteiger partial charge is 0.511 e. The summed E-state index contributed by atoms with van der Waals surface area (Å²) in [5.74, 6) is -0.306. The molecule has 0 N–H and O–H groups in total. The molecule has 0 fully saturated rings. The van der Waals surface area contributed by atoms with E-state index in [0.29, 0.717) is 0 Å². The zero-order valence-electron chi connectivity index (χ0n) is 11.9. The number of carbonyl (C=O) groups excluding carboxylic acids is 2. The molecule has 0 aromatic carbocycles. The highest BCUT2D eigenvalue weighted by Gasteiger charge is 2.20. The van der Waals surface area contributed by atoms with E-state index in [1.165, 1.54) is 13.0 Å². The molecule has 5 nitrogen and oxygen atoms in total. The van der Waals surface area contributed by atoms with Gasteiger partial charge in [-0.15, -0.1) is 0 Å². The van der Waals surface area contributed by atoms with Crippen LogP contribution in [0.2, 0.25) is 0 Å². The predicted octanol–water partition coefficient (Wildman–Crippen LogP) is 3.04. The van der Waals surface area contributed by atoms with E-state index in [9.17, 15) is 9.59 Å². The molecule has 1 atom stereocenters. The molecule has 0 aromatic rings. The lowest BCUT2D eigenvalue weighted by molar-refractivity contribution is -0.164. The summed E-state index contributed by atoms with van der Waals surface area (Å²) in [6, 6.07) is 0. The van der Waals surface area contributed by atoms with Gasteiger partial charge in [-0.1, -0.05) is 19.9 Å². The molecule has 0 saturated carbocycles. The molecule has 0 radical (unpaired) electrons. The van der Waals surface area contributed by atoms with Crippen molar-refractivity contribution >= 4 is 12.1 Å². The van der Waals surface area contributed by atoms with Crippen molar-refractivity contribution in [2.45, 2.75) is 53.4 Å². The fourth-order valence-corrected chi connectivity index (χ4v) is 0.907. The summed E-state index contributed by atoms with van der Waals surface area (Å²) in [6.45, 7) is 10.5. The Morgan fingerprint density at radius 3 is 2.06 bits per heavy atom. The summed E-state index contributed by atoms with van der Waals surface area (Å²) in [5, 5.41) is 0. The third kappa shape index (κ3) is 9.69. The molecule has 0 aliphatic heterocycles. The maximum absolute atomic E-state index is 11.3. The van der Waals surface area contributed by atoms with E-state index in [0.717, 1.165) is 0 Å². The molecule has 104 valence electrons. The Balaban J connectivity index is 4.08. The van der Waals surface area contributed by atoms with E-state index < -0.39 is 24.0 Å². The van der Waals surface area contributed by atoms with Crippen molar-refractivity contribution in [1.82, 2.24) is 0 Å². The van der Waals surface area contributed by atoms with Gasteiger partial charge in [-0.3, -0.25) is 0 Å². The van der Waals surface area contributed by atoms with Crippen LogP contribution in [0.15, 0.2) is 12.2 Å². The van der Waals surface area contributed by atoms with E-state index in [1.807, 2.05) is 13.8 Å². The fourth-order valence-electron chi connectivity index (χ4n) is 0.907. The Hall–Kier alpha value is -1.52. The van der Waals surface area contributed by atoms with Crippen LogP contribution >= 0.6 is 0 Å². The normalized spacial score (nSPS) is 13.5. The quantitative estimate of drug-likeness (QED) is 0.440. The molecule has 0 heterocycles. The van der Waals surface area contributed by atoms with Crippen molar-refractivity contribution in [1.29, 1.82) is 0 Å². The maximum atomic E-state index is 11.3. The lowest BCUT2D eigenvalue weighted by Crippen LogP contribution is -2.28. The van der Waals surface area contributed by atoms with Crippen LogP contribution in [0.1, 0.15) is 41.5 Å². The third-order valence-corrected chi connectivity index (χ3v) is 1.55. The number of ether oxygens (including phenoxy) is 3. The highest BCUT2D eigenvalue weighted by atomic mass is 16.8. The molecule has 1 unspecified atom stereocenters. The smallest absolute Gasteiger partial charge is 0.428 e. The van der Waals surface area contributed by atoms with E-state index >= 15 is 0 Å². The van der Waals surface area contributed by atoms with Gasteiger partial charge in [0.15, 0.2) is 0 Å². The minimum Gasteiger partial charge on any atom is -0.428 e. The zero-order valence-corrected chi connectivity index (χ0v) is 11.9. The molecule has 5 heteroatoms. The van der Waals surface area contributed by atoms with Gasteiger partial charge in [0.1, 0.15) is 5.60 Å². The Labute approximate surface area is 108 Å². The Kier molecular flexibility index (Phi) is 6.44. The first-order chi connectivity index (χ1) is 8.10. The molecule has 0 aliphatic rings. The summed E-state index contributed by atoms with van der Waals surface area (Å²) >= 11 is 0. The van der Waals surface area contributed by atoms with Crippen LogP contribution in [0.3, 0.4) is 0 Å². The van der Waals surface area contributed by atoms with Crippen LogP contribution in [0.4, 0.5) is 4.79 Å². The molecular weight excluding hydrogens is 236 g/mol. The summed E-state index contributed by atoms with van der Waals surface area (Å²) in [4.78, 5) is 22.5. The SMILES string of the molecule is CC(C)/C=C/C(=O)OC(C)OC(=O)OC(C)(C)C. The first-order valence-electron chi connectivity index (χ1n) is 5.88. The Morgan fingerprint density at radius 2 is 1.61 bits per heavy atom. The molecule has 0 spiro atoms. The lowest BCUT2D eigenvalue weighted by atomic mass is 10.2. The van der Waals surface area contributed by atoms with Gasteiger partial charge in [0.05, 0.1) is 0 Å². The van der Waals surface area contributed by atoms with Gasteiger partial charge in [-0.25, -0.2) is 9.59 Å². The van der Waals surface area contributed by atoms with Crippen LogP contribution in [-0.2, 0) is 19.0 Å². The molecular formula is C13H22O5. The number of esters is 1. The van der Waals surface area contributed by atoms with Crippen molar-refractivity contribution < 1.29 is 23.8 Å². The molecule has 0 aromatic heterocycles. The van der Waals surface area contributed by atoms with Crippen molar-refractivity contribution in [3.8, 4) is 0 Å². The van der Waals surface area contributed by atoms with E-state index in [1.54, 1.807) is 26.8 Å². The number of carbonyl (C=O) groups is 2. The second kappa shape index (κ2) is 7.03. The van der Waals surface area contributed by atoms with Crippen LogP contribution in [-0.4, -0.2) is 24.0 Å². The predicted molar refractivity (Wildman–Crippen MR) is 66.9 cm³/mol. The standard InChI is InChI=1S/C13H22O5/c1-9(2)7-8-11(14)16-10(3)17-12(15)18-13(4,5)6/h7-10H,1-6H3/b8-7+. The topological polar surface area (TPSA) is 61.8 Å². The van der Waals surface area contributed by atoms with Crippen molar-refractivity contribution in [3.63, 3.8) is 0 Å². The molecule has 18 heavy (non-hydrogen) atoms. The second-order valence-corrected chi connectivity index (χ2v) is 5.19. The number of allylic oxidation sites excluding steroid dienone is 1. The van der Waals surface area contributed by atoms with Gasteiger partial charge >= 0.3 is 12.1 Å². The summed E-state index contributed by atoms with van der Waals surface area (Å²) in [6.07, 6.45) is 1.15. The molecule has 0 saturated heterocycles. The van der Waals surface area contributed by atoms with Crippen molar-refractivity contribution in [2.75, 3.05) is 0 Å². The van der Waals surface area contributed by atoms with Crippen LogP contribution < -0.4 is 0 Å². The molecule has 0 aliphatic carbocycles. The zero-order chi connectivity index (χ0) is 14.3. The minimum absolute atomic E-state index is 0.250. The van der Waals surface area contributed by atoms with Crippen LogP contribution in [0.25, 0.3) is 0 Å². The summed E-state index contributed by atoms with van der Waals surface area (Å²) < 4.78 is 14.5. The second-order valence-electron chi connectivity index (χ2n) is 5.19. The molecule has 0 amide bonds. The summed E-state index contributed by atoms with van der Waals surface area (Å²) in [5.41, 5.74) is -0.641. The molecule has 0 rings (SSSR count). The van der Waals surface area contributed by atoms with E-state index in [4.69, 9.17) is 14.2 Å². The van der Waals surface area contributed by atoms with E-state index in [-0.39, 0.29) is 5.92 Å². The van der Waals surface area contributed by atoms with Crippen LogP contribution in [0, 0.1) is 5.92 Å². The van der Waals surface area contributed by atoms with Gasteiger partial charge in [0.25, 0.3) is 0 Å². The highest BCUT2D eigenvalue weighted by Crippen LogP contribution is 2.09. The van der Waals surface area contributed by atoms with Gasteiger partial charge in [-0.05, 0) is 26.7 Å². The number of hydrogen-bond acceptors (Lipinski definition) is 5. The number of rotatable bonds is 4. The van der Waals surface area contributed by atoms with Gasteiger partial charge in [-0.2, -0.15) is 0 Å². The third-order valence-electron chi connectivity index (χ3n) is 1.55. The van der Waals surface area contributed by atoms with Crippen molar-refractivity contribution in [3.05, 3.63) is 12.2 Å². The highest BCUT2D eigenvalue weighted by molar-refractivity contribution is 5.82. The van der Waals surface area contributed by atoms with Crippen LogP contribution in [0.5, 0.6) is 0 Å². The first-order valence-corrected chi connectivity index (χ1v) is 5.88.